The predicted molar refractivity (Wildman–Crippen MR) is 491 cm³/mol. The second-order valence-electron chi connectivity index (χ2n) is 28.8. The number of hydrogen-bond acceptors (Lipinski definition) is 15. The van der Waals surface area contributed by atoms with E-state index in [1.165, 1.54) is 91.3 Å². The topological polar surface area (TPSA) is 229 Å². The molecule has 16 rings (SSSR count). The molecule has 4 aromatic carbocycles. The molecule has 1 radical (unpaired) electrons. The number of thiol groups is 1. The van der Waals surface area contributed by atoms with Gasteiger partial charge in [0.15, 0.2) is 0 Å². The summed E-state index contributed by atoms with van der Waals surface area (Å²) in [4.78, 5) is 52.0. The first kappa shape index (κ1) is 104. The molecule has 15 aromatic rings. The third kappa shape index (κ3) is 23.3. The van der Waals surface area contributed by atoms with E-state index in [0.717, 1.165) is 64.1 Å². The average Bonchev–Trinajstić information content (AvgIpc) is 1.61. The maximum absolute atomic E-state index is 13.3. The fraction of sp³-hybridized carbons (Fsp3) is 0.274. The summed E-state index contributed by atoms with van der Waals surface area (Å²) >= 11 is 44.2. The number of halogens is 19. The number of aromatic nitrogens is 14. The second-order valence-corrected chi connectivity index (χ2v) is 32.1. The number of nitrogens with zero attached hydrogens (tertiary/aromatic N) is 15. The summed E-state index contributed by atoms with van der Waals surface area (Å²) in [5.41, 5.74) is 5.82. The molecule has 0 aliphatic carbocycles. The first-order chi connectivity index (χ1) is 60.5. The van der Waals surface area contributed by atoms with Crippen LogP contribution in [-0.4, -0.2) is 117 Å². The number of alkyl halides is 12. The number of rotatable bonds is 15. The third-order valence-corrected chi connectivity index (χ3v) is 23.2. The molecule has 0 unspecified atom stereocenters. The quantitative estimate of drug-likeness (QED) is 0.0573. The summed E-state index contributed by atoms with van der Waals surface area (Å²) in [6.45, 7) is 18.0. The van der Waals surface area contributed by atoms with Crippen LogP contribution in [0.25, 0.3) is 88.6 Å². The van der Waals surface area contributed by atoms with Crippen molar-refractivity contribution >= 4 is 162 Å². The Bertz CT molecular complexity index is 6870. The van der Waals surface area contributed by atoms with E-state index >= 15 is 0 Å². The first-order valence-electron chi connectivity index (χ1n) is 38.0. The maximum atomic E-state index is 13.3. The fourth-order valence-electron chi connectivity index (χ4n) is 13.6. The second kappa shape index (κ2) is 41.6. The molecule has 0 saturated carbocycles. The molecule has 47 heteroatoms. The van der Waals surface area contributed by atoms with Crippen molar-refractivity contribution in [2.75, 3.05) is 0 Å². The molecule has 0 amide bonds. The zero-order valence-corrected chi connectivity index (χ0v) is 76.2. The summed E-state index contributed by atoms with van der Waals surface area (Å²) in [5.74, 6) is -1.49. The van der Waals surface area contributed by atoms with Crippen molar-refractivity contribution in [3.05, 3.63) is 254 Å². The van der Waals surface area contributed by atoms with E-state index in [1.807, 2.05) is 85.6 Å². The zero-order chi connectivity index (χ0) is 94.8. The number of hydrogen-bond donors (Lipinski definition) is 1. The van der Waals surface area contributed by atoms with Gasteiger partial charge in [-0.15, -0.1) is 52.7 Å². The van der Waals surface area contributed by atoms with E-state index in [2.05, 4.69) is 74.9 Å². The van der Waals surface area contributed by atoms with Crippen molar-refractivity contribution in [2.24, 2.45) is 25.4 Å². The normalized spacial score (nSPS) is 12.9. The van der Waals surface area contributed by atoms with Gasteiger partial charge in [0.1, 0.15) is 38.5 Å². The number of ether oxygens (including phenoxy) is 4. The van der Waals surface area contributed by atoms with Crippen LogP contribution in [0.2, 0.25) is 30.5 Å². The van der Waals surface area contributed by atoms with Crippen LogP contribution >= 0.6 is 98.4 Å². The van der Waals surface area contributed by atoms with Crippen LogP contribution in [0.4, 0.5) is 52.7 Å². The molecule has 0 N–H and O–H groups in total. The third-order valence-electron chi connectivity index (χ3n) is 20.0. The van der Waals surface area contributed by atoms with Crippen LogP contribution < -0.4 is 46.6 Å². The molecule has 695 valence electrons. The van der Waals surface area contributed by atoms with Gasteiger partial charge in [0.25, 0.3) is 22.2 Å². The molecule has 1 aliphatic heterocycles. The molecule has 25 nitrogen and oxygen atoms in total. The Kier molecular flexibility index (Phi) is 33.0. The Hall–Kier alpha value is -10.8. The van der Waals surface area contributed by atoms with E-state index in [9.17, 15) is 71.9 Å². The Balaban J connectivity index is 0.000000185. The fourth-order valence-corrected chi connectivity index (χ4v) is 16.0. The SMILES string of the molecule is C.C.CCn1c(Cl)c(Cl)c2c(=O)n(-c3ccc(OC(F)(F)F)cc3)cc(-c3cnn(C)c3)c21.CCn1c(Cl)c(Cl)c2c(=O)n(-c3ccc(OC(F)(F)F)cc3)cc(Br)c21.CCn1c(Cl)c(Cl)c2c(=O)n(-c3ccc(OC(F)(F)F)cc3)ccc21.CCn1ccc2c(=O)n(-c3ccc(OC(F)(F)F)cc3)cc(-c3cnn(C)c3)c21.Cn1cc(B2OC(C)(C)C(C)(C)O2)cn1.[B]=NS. The van der Waals surface area contributed by atoms with Crippen molar-refractivity contribution in [1.29, 1.82) is 0 Å². The van der Waals surface area contributed by atoms with E-state index in [4.69, 9.17) is 78.9 Å². The Labute approximate surface area is 784 Å². The molecular weight excluding hydrogens is 1950 g/mol. The van der Waals surface area contributed by atoms with Crippen LogP contribution in [-0.2, 0) is 56.6 Å². The Morgan fingerprint density at radius 2 is 0.763 bits per heavy atom. The number of benzene rings is 4. The summed E-state index contributed by atoms with van der Waals surface area (Å²) in [6.07, 6.45) is -0.310. The van der Waals surface area contributed by atoms with Crippen LogP contribution in [0.3, 0.4) is 0 Å². The van der Waals surface area contributed by atoms with Crippen molar-refractivity contribution in [2.45, 2.75) is 133 Å². The monoisotopic (exact) mass is 2030 g/mol. The van der Waals surface area contributed by atoms with Crippen LogP contribution in [0, 0.1) is 0 Å². The number of aryl methyl sites for hydroxylation is 7. The number of fused-ring (bicyclic) bond motifs is 4. The van der Waals surface area contributed by atoms with E-state index in [0.29, 0.717) is 80.9 Å². The van der Waals surface area contributed by atoms with Gasteiger partial charge in [-0.3, -0.25) is 51.5 Å². The van der Waals surface area contributed by atoms with Gasteiger partial charge in [0.05, 0.1) is 86.7 Å². The van der Waals surface area contributed by atoms with Gasteiger partial charge in [-0.25, -0.2) is 0 Å². The Morgan fingerprint density at radius 3 is 1.12 bits per heavy atom. The van der Waals surface area contributed by atoms with Crippen molar-refractivity contribution in [3.8, 4) is 68.0 Å². The van der Waals surface area contributed by atoms with Crippen molar-refractivity contribution in [3.63, 3.8) is 0 Å². The van der Waals surface area contributed by atoms with Crippen LogP contribution in [0.5, 0.6) is 23.0 Å². The summed E-state index contributed by atoms with van der Waals surface area (Å²) in [6, 6.07) is 23.5. The molecule has 0 spiro atoms. The zero-order valence-electron chi connectivity index (χ0n) is 69.1. The van der Waals surface area contributed by atoms with E-state index in [1.54, 1.807) is 91.2 Å². The van der Waals surface area contributed by atoms with E-state index < -0.39 is 47.9 Å². The number of pyridine rings is 4. The molecule has 0 atom stereocenters. The van der Waals surface area contributed by atoms with Crippen LogP contribution in [0.15, 0.2) is 205 Å². The first-order valence-corrected chi connectivity index (χ1v) is 41.5. The summed E-state index contributed by atoms with van der Waals surface area (Å²) in [7, 11) is 9.48. The Morgan fingerprint density at radius 1 is 0.435 bits per heavy atom. The van der Waals surface area contributed by atoms with Crippen LogP contribution in [0.1, 0.15) is 70.2 Å². The van der Waals surface area contributed by atoms with Gasteiger partial charge in [-0.1, -0.05) is 84.5 Å². The molecule has 11 aromatic heterocycles. The van der Waals surface area contributed by atoms with Gasteiger partial charge < -0.3 is 46.5 Å². The standard InChI is InChI=1S/C20H15Cl2F3N4O2.C20H17F3N4O2.C16H10BrCl2F3N2O2.C16H11Cl2F3N2O2.C10H17BN2O2.2CH4.BHNS/c1-3-28-17-14(11-8-26-27(2)9-11)10-29(19(30)15(17)16(21)18(28)22)12-4-6-13(7-5-12)31-20(23,24)25;1-3-26-9-8-16-18(26)17(13-10-24-25(2)11-13)12-27(19(16)28)14-4-6-15(7-5-14)29-20(21,22)23;1-2-23-13-10(17)7-24(15(25)11(13)12(18)14(23)19)8-3-5-9(6-4-8)26-16(20,21)22;1-2-22-11-7-8-23(15(24)12(11)13(17)14(22)18)9-3-5-10(6-4-9)25-16(19,20)21;1-9(2)10(3,4)15-11(14-9)8-6-12-13(5)7-8;;;1-2-3/h4-10H,3H2,1-2H3;4-12H,3H2,1-2H3;3-7H,2H2,1H3;3-8H,2H2,1H3;6-7H,1-5H3;2*1H4;3H. The minimum atomic E-state index is -4.81. The molecule has 1 aliphatic rings. The molecule has 0 bridgehead atoms. The molecule has 131 heavy (non-hydrogen) atoms. The van der Waals surface area contributed by atoms with Crippen molar-refractivity contribution < 1.29 is 80.9 Å². The van der Waals surface area contributed by atoms with Gasteiger partial charge in [0, 0.05) is 154 Å². The molecule has 12 heterocycles. The van der Waals surface area contributed by atoms with Gasteiger partial charge >= 0.3 is 57.3 Å². The van der Waals surface area contributed by atoms with Crippen molar-refractivity contribution in [1.82, 2.24) is 65.9 Å². The van der Waals surface area contributed by atoms with Gasteiger partial charge in [-0.05, 0) is 181 Å². The molecular formula is C84H79B2BrCl6F12N15O10S. The molecule has 1 fully saturated rings. The predicted octanol–water partition coefficient (Wildman–Crippen LogP) is 22.5. The summed E-state index contributed by atoms with van der Waals surface area (Å²) < 4.78 is 196. The minimum absolute atomic E-state index is 0. The average molecular weight is 2030 g/mol. The van der Waals surface area contributed by atoms with Gasteiger partial charge in [-0.2, -0.15) is 15.3 Å². The molecule has 1 saturated heterocycles. The summed E-state index contributed by atoms with van der Waals surface area (Å²) in [5, 5.41) is 14.8. The van der Waals surface area contributed by atoms with Gasteiger partial charge in [0.2, 0.25) is 0 Å². The van der Waals surface area contributed by atoms with E-state index in [-0.39, 0.29) is 103 Å².